The fourth-order valence-corrected chi connectivity index (χ4v) is 1.96. The van der Waals surface area contributed by atoms with Gasteiger partial charge in [0.15, 0.2) is 0 Å². The van der Waals surface area contributed by atoms with Crippen LogP contribution in [-0.2, 0) is 0 Å². The molecule has 2 fully saturated rings. The Labute approximate surface area is 56.6 Å². The molecule has 0 amide bonds. The Hall–Kier alpha value is -0.0400. The van der Waals surface area contributed by atoms with Gasteiger partial charge in [-0.2, -0.15) is 0 Å². The second-order valence-corrected chi connectivity index (χ2v) is 4.01. The molecule has 0 aromatic rings. The zero-order valence-corrected chi connectivity index (χ0v) is 6.06. The van der Waals surface area contributed by atoms with Gasteiger partial charge in [0.05, 0.1) is 0 Å². The van der Waals surface area contributed by atoms with Gasteiger partial charge in [-0.25, -0.2) is 0 Å². The van der Waals surface area contributed by atoms with Gasteiger partial charge in [-0.1, -0.05) is 19.3 Å². The molecule has 0 bridgehead atoms. The molecule has 2 rings (SSSR count). The van der Waals surface area contributed by atoms with E-state index in [1.54, 1.807) is 0 Å². The molecule has 0 spiro atoms. The zero-order chi connectivity index (χ0) is 6.48. The van der Waals surface area contributed by atoms with Crippen LogP contribution in [0.3, 0.4) is 0 Å². The van der Waals surface area contributed by atoms with E-state index in [-0.39, 0.29) is 5.54 Å². The first-order valence-electron chi connectivity index (χ1n) is 3.99. The van der Waals surface area contributed by atoms with Crippen molar-refractivity contribution in [1.82, 2.24) is 0 Å². The smallest absolute Gasteiger partial charge is 0.0161 e. The summed E-state index contributed by atoms with van der Waals surface area (Å²) in [6.45, 7) is 2.19. The largest absolute Gasteiger partial charge is 0.325 e. The van der Waals surface area contributed by atoms with E-state index >= 15 is 0 Å². The maximum Gasteiger partial charge on any atom is 0.0161 e. The second-order valence-electron chi connectivity index (χ2n) is 4.01. The molecule has 2 saturated carbocycles. The van der Waals surface area contributed by atoms with Gasteiger partial charge in [-0.3, -0.25) is 0 Å². The van der Waals surface area contributed by atoms with E-state index in [1.165, 1.54) is 25.7 Å². The lowest BCUT2D eigenvalue weighted by Crippen LogP contribution is -2.26. The van der Waals surface area contributed by atoms with Crippen molar-refractivity contribution in [3.8, 4) is 0 Å². The van der Waals surface area contributed by atoms with Crippen LogP contribution in [0.1, 0.15) is 32.6 Å². The van der Waals surface area contributed by atoms with Crippen molar-refractivity contribution < 1.29 is 0 Å². The first kappa shape index (κ1) is 5.72. The number of nitrogens with two attached hydrogens (primary N) is 1. The second kappa shape index (κ2) is 1.51. The molecule has 2 N–H and O–H groups in total. The van der Waals surface area contributed by atoms with E-state index in [9.17, 15) is 0 Å². The maximum atomic E-state index is 5.92. The first-order chi connectivity index (χ1) is 4.20. The van der Waals surface area contributed by atoms with Crippen molar-refractivity contribution in [2.75, 3.05) is 0 Å². The van der Waals surface area contributed by atoms with Crippen LogP contribution in [0.4, 0.5) is 0 Å². The third-order valence-corrected chi connectivity index (χ3v) is 3.07. The van der Waals surface area contributed by atoms with Crippen LogP contribution in [0.25, 0.3) is 0 Å². The van der Waals surface area contributed by atoms with Gasteiger partial charge in [0.2, 0.25) is 0 Å². The molecule has 9 heavy (non-hydrogen) atoms. The lowest BCUT2D eigenvalue weighted by atomic mass is 9.80. The number of hydrogen-bond donors (Lipinski definition) is 1. The fraction of sp³-hybridized carbons (Fsp3) is 1.00. The highest BCUT2D eigenvalue weighted by atomic mass is 14.8. The Morgan fingerprint density at radius 3 is 2.11 bits per heavy atom. The summed E-state index contributed by atoms with van der Waals surface area (Å²) in [6.07, 6.45) is 5.66. The van der Waals surface area contributed by atoms with Crippen molar-refractivity contribution in [2.45, 2.75) is 38.1 Å². The minimum atomic E-state index is 0.241. The molecular formula is C8H15N. The van der Waals surface area contributed by atoms with Crippen molar-refractivity contribution >= 4 is 0 Å². The summed E-state index contributed by atoms with van der Waals surface area (Å²) in [5.41, 5.74) is 6.16. The van der Waals surface area contributed by atoms with Gasteiger partial charge in [0.25, 0.3) is 0 Å². The highest BCUT2D eigenvalue weighted by molar-refractivity contribution is 5.08. The SMILES string of the molecule is CC1(N)CC1C1CCC1. The van der Waals surface area contributed by atoms with Crippen LogP contribution in [0.5, 0.6) is 0 Å². The molecule has 0 aliphatic heterocycles. The molecular weight excluding hydrogens is 110 g/mol. The third kappa shape index (κ3) is 0.787. The molecule has 52 valence electrons. The summed E-state index contributed by atoms with van der Waals surface area (Å²) in [7, 11) is 0. The molecule has 0 aromatic heterocycles. The Bertz CT molecular complexity index is 125. The third-order valence-electron chi connectivity index (χ3n) is 3.07. The van der Waals surface area contributed by atoms with Gasteiger partial charge in [-0.15, -0.1) is 0 Å². The summed E-state index contributed by atoms with van der Waals surface area (Å²) < 4.78 is 0. The topological polar surface area (TPSA) is 26.0 Å². The normalized spacial score (nSPS) is 50.7. The van der Waals surface area contributed by atoms with Crippen LogP contribution < -0.4 is 5.73 Å². The van der Waals surface area contributed by atoms with Crippen molar-refractivity contribution in [3.63, 3.8) is 0 Å². The van der Waals surface area contributed by atoms with Gasteiger partial charge >= 0.3 is 0 Å². The van der Waals surface area contributed by atoms with Crippen LogP contribution in [-0.4, -0.2) is 5.54 Å². The molecule has 2 atom stereocenters. The average Bonchev–Trinajstić information content (AvgIpc) is 2.07. The summed E-state index contributed by atoms with van der Waals surface area (Å²) in [6, 6.07) is 0. The summed E-state index contributed by atoms with van der Waals surface area (Å²) in [4.78, 5) is 0. The van der Waals surface area contributed by atoms with E-state index in [4.69, 9.17) is 5.73 Å². The Kier molecular flexibility index (Phi) is 0.963. The van der Waals surface area contributed by atoms with Gasteiger partial charge in [0, 0.05) is 5.54 Å². The van der Waals surface area contributed by atoms with Gasteiger partial charge < -0.3 is 5.73 Å². The fourth-order valence-electron chi connectivity index (χ4n) is 1.96. The highest BCUT2D eigenvalue weighted by Gasteiger charge is 2.51. The summed E-state index contributed by atoms with van der Waals surface area (Å²) in [5.74, 6) is 1.91. The molecule has 0 aromatic carbocycles. The number of hydrogen-bond acceptors (Lipinski definition) is 1. The molecule has 2 aliphatic carbocycles. The molecule has 0 heterocycles. The van der Waals surface area contributed by atoms with Crippen LogP contribution in [0, 0.1) is 11.8 Å². The molecule has 1 nitrogen and oxygen atoms in total. The summed E-state index contributed by atoms with van der Waals surface area (Å²) >= 11 is 0. The number of rotatable bonds is 1. The van der Waals surface area contributed by atoms with E-state index in [2.05, 4.69) is 6.92 Å². The zero-order valence-electron chi connectivity index (χ0n) is 6.06. The average molecular weight is 125 g/mol. The standard InChI is InChI=1S/C8H15N/c1-8(9)5-7(8)6-3-2-4-6/h6-7H,2-5,9H2,1H3. The van der Waals surface area contributed by atoms with E-state index < -0.39 is 0 Å². The van der Waals surface area contributed by atoms with E-state index in [0.29, 0.717) is 0 Å². The van der Waals surface area contributed by atoms with Crippen molar-refractivity contribution in [1.29, 1.82) is 0 Å². The van der Waals surface area contributed by atoms with Gasteiger partial charge in [-0.05, 0) is 25.2 Å². The molecule has 0 saturated heterocycles. The first-order valence-corrected chi connectivity index (χ1v) is 3.99. The summed E-state index contributed by atoms with van der Waals surface area (Å²) in [5, 5.41) is 0. The van der Waals surface area contributed by atoms with Crippen LogP contribution in [0.2, 0.25) is 0 Å². The maximum absolute atomic E-state index is 5.92. The lowest BCUT2D eigenvalue weighted by Gasteiger charge is -2.26. The minimum absolute atomic E-state index is 0.241. The quantitative estimate of drug-likeness (QED) is 0.565. The lowest BCUT2D eigenvalue weighted by molar-refractivity contribution is 0.261. The van der Waals surface area contributed by atoms with Crippen molar-refractivity contribution in [3.05, 3.63) is 0 Å². The molecule has 2 aliphatic rings. The predicted molar refractivity (Wildman–Crippen MR) is 38.0 cm³/mol. The highest BCUT2D eigenvalue weighted by Crippen LogP contribution is 2.52. The minimum Gasteiger partial charge on any atom is -0.325 e. The van der Waals surface area contributed by atoms with E-state index in [0.717, 1.165) is 11.8 Å². The Morgan fingerprint density at radius 1 is 1.44 bits per heavy atom. The molecule has 0 radical (unpaired) electrons. The van der Waals surface area contributed by atoms with E-state index in [1.807, 2.05) is 0 Å². The molecule has 1 heteroatoms. The molecule has 2 unspecified atom stereocenters. The monoisotopic (exact) mass is 125 g/mol. The predicted octanol–water partition coefficient (Wildman–Crippen LogP) is 1.52. The Morgan fingerprint density at radius 2 is 2.00 bits per heavy atom. The van der Waals surface area contributed by atoms with Crippen molar-refractivity contribution in [2.24, 2.45) is 17.6 Å². The Balaban J connectivity index is 1.89. The van der Waals surface area contributed by atoms with Crippen LogP contribution in [0.15, 0.2) is 0 Å². The van der Waals surface area contributed by atoms with Crippen LogP contribution >= 0.6 is 0 Å². The van der Waals surface area contributed by atoms with Gasteiger partial charge in [0.1, 0.15) is 0 Å².